The SMILES string of the molecule is O=S(=O)(c1ccccc1)C1CO1. The zero-order chi connectivity index (χ0) is 8.60. The molecule has 12 heavy (non-hydrogen) atoms. The van der Waals surface area contributed by atoms with Gasteiger partial charge in [-0.15, -0.1) is 0 Å². The maximum absolute atomic E-state index is 11.5. The first-order valence-corrected chi connectivity index (χ1v) is 5.16. The van der Waals surface area contributed by atoms with E-state index < -0.39 is 15.3 Å². The summed E-state index contributed by atoms with van der Waals surface area (Å²) in [5, 5.41) is 0. The third kappa shape index (κ3) is 1.23. The summed E-state index contributed by atoms with van der Waals surface area (Å²) >= 11 is 0. The second-order valence-electron chi connectivity index (χ2n) is 2.62. The van der Waals surface area contributed by atoms with E-state index in [0.717, 1.165) is 0 Å². The molecule has 1 atom stereocenters. The Kier molecular flexibility index (Phi) is 1.66. The highest BCUT2D eigenvalue weighted by atomic mass is 32.2. The van der Waals surface area contributed by atoms with Gasteiger partial charge in [0.1, 0.15) is 0 Å². The van der Waals surface area contributed by atoms with Crippen LogP contribution in [0.3, 0.4) is 0 Å². The molecule has 4 heteroatoms. The molecular formula is C8H8O3S. The second kappa shape index (κ2) is 2.57. The van der Waals surface area contributed by atoms with Crippen LogP contribution in [0.25, 0.3) is 0 Å². The minimum absolute atomic E-state index is 0.331. The highest BCUT2D eigenvalue weighted by Crippen LogP contribution is 2.24. The summed E-state index contributed by atoms with van der Waals surface area (Å²) in [7, 11) is -3.19. The van der Waals surface area contributed by atoms with Gasteiger partial charge < -0.3 is 4.74 Å². The lowest BCUT2D eigenvalue weighted by Crippen LogP contribution is -2.07. The van der Waals surface area contributed by atoms with Crippen LogP contribution in [0.15, 0.2) is 35.2 Å². The van der Waals surface area contributed by atoms with Gasteiger partial charge in [-0.2, -0.15) is 0 Å². The lowest BCUT2D eigenvalue weighted by Gasteiger charge is -1.98. The van der Waals surface area contributed by atoms with Gasteiger partial charge in [-0.05, 0) is 12.1 Å². The summed E-state index contributed by atoms with van der Waals surface area (Å²) in [6, 6.07) is 8.35. The molecule has 1 aromatic rings. The number of benzene rings is 1. The molecule has 1 heterocycles. The fourth-order valence-corrected chi connectivity index (χ4v) is 2.26. The van der Waals surface area contributed by atoms with Crippen LogP contribution in [0.1, 0.15) is 0 Å². The molecule has 64 valence electrons. The van der Waals surface area contributed by atoms with E-state index in [2.05, 4.69) is 0 Å². The Bertz CT molecular complexity index is 365. The number of sulfone groups is 1. The molecule has 0 aromatic heterocycles. The second-order valence-corrected chi connectivity index (χ2v) is 4.71. The number of ether oxygens (including phenoxy) is 1. The van der Waals surface area contributed by atoms with Crippen LogP contribution in [0, 0.1) is 0 Å². The van der Waals surface area contributed by atoms with Crippen molar-refractivity contribution in [2.75, 3.05) is 6.61 Å². The van der Waals surface area contributed by atoms with Crippen LogP contribution in [0.5, 0.6) is 0 Å². The molecule has 1 aliphatic heterocycles. The summed E-state index contributed by atoms with van der Waals surface area (Å²) in [5.74, 6) is 0. The van der Waals surface area contributed by atoms with Crippen LogP contribution >= 0.6 is 0 Å². The molecule has 0 amide bonds. The smallest absolute Gasteiger partial charge is 0.207 e. The molecule has 3 nitrogen and oxygen atoms in total. The number of hydrogen-bond donors (Lipinski definition) is 0. The van der Waals surface area contributed by atoms with Crippen molar-refractivity contribution < 1.29 is 13.2 Å². The third-order valence-corrected chi connectivity index (χ3v) is 3.61. The zero-order valence-electron chi connectivity index (χ0n) is 6.30. The maximum Gasteiger partial charge on any atom is 0.207 e. The summed E-state index contributed by atoms with van der Waals surface area (Å²) < 4.78 is 27.7. The van der Waals surface area contributed by atoms with Gasteiger partial charge in [0.05, 0.1) is 11.5 Å². The predicted molar refractivity (Wildman–Crippen MR) is 43.4 cm³/mol. The van der Waals surface area contributed by atoms with Crippen LogP contribution in [0.4, 0.5) is 0 Å². The van der Waals surface area contributed by atoms with Crippen LogP contribution in [-0.2, 0) is 14.6 Å². The molecule has 1 unspecified atom stereocenters. The highest BCUT2D eigenvalue weighted by molar-refractivity contribution is 7.92. The topological polar surface area (TPSA) is 46.7 Å². The number of hydrogen-bond acceptors (Lipinski definition) is 3. The van der Waals surface area contributed by atoms with E-state index in [1.54, 1.807) is 30.3 Å². The fraction of sp³-hybridized carbons (Fsp3) is 0.250. The van der Waals surface area contributed by atoms with Crippen molar-refractivity contribution in [3.05, 3.63) is 30.3 Å². The highest BCUT2D eigenvalue weighted by Gasteiger charge is 2.38. The van der Waals surface area contributed by atoms with Crippen LogP contribution in [-0.4, -0.2) is 20.5 Å². The Hall–Kier alpha value is -0.870. The molecule has 1 fully saturated rings. The van der Waals surface area contributed by atoms with Crippen molar-refractivity contribution in [1.29, 1.82) is 0 Å². The quantitative estimate of drug-likeness (QED) is 0.639. The molecule has 1 aliphatic rings. The molecule has 0 N–H and O–H groups in total. The molecule has 0 radical (unpaired) electrons. The van der Waals surface area contributed by atoms with Crippen molar-refractivity contribution in [2.24, 2.45) is 0 Å². The van der Waals surface area contributed by atoms with Gasteiger partial charge in [-0.3, -0.25) is 0 Å². The zero-order valence-corrected chi connectivity index (χ0v) is 7.12. The van der Waals surface area contributed by atoms with Crippen molar-refractivity contribution in [2.45, 2.75) is 10.3 Å². The maximum atomic E-state index is 11.5. The molecule has 0 spiro atoms. The van der Waals surface area contributed by atoms with Gasteiger partial charge in [0, 0.05) is 0 Å². The lowest BCUT2D eigenvalue weighted by atomic mass is 10.4. The van der Waals surface area contributed by atoms with E-state index in [-0.39, 0.29) is 0 Å². The summed E-state index contributed by atoms with van der Waals surface area (Å²) in [6.45, 7) is 0.331. The van der Waals surface area contributed by atoms with E-state index in [0.29, 0.717) is 11.5 Å². The van der Waals surface area contributed by atoms with E-state index in [9.17, 15) is 8.42 Å². The minimum Gasteiger partial charge on any atom is -0.356 e. The fourth-order valence-electron chi connectivity index (χ4n) is 0.980. The van der Waals surface area contributed by atoms with Gasteiger partial charge in [-0.1, -0.05) is 18.2 Å². The van der Waals surface area contributed by atoms with Gasteiger partial charge in [0.2, 0.25) is 9.84 Å². The molecule has 2 rings (SSSR count). The monoisotopic (exact) mass is 184 g/mol. The van der Waals surface area contributed by atoms with Crippen molar-refractivity contribution >= 4 is 9.84 Å². The van der Waals surface area contributed by atoms with Crippen molar-refractivity contribution in [3.8, 4) is 0 Å². The normalized spacial score (nSPS) is 22.2. The minimum atomic E-state index is -3.19. The molecule has 1 aromatic carbocycles. The Labute approximate surface area is 70.9 Å². The molecule has 1 saturated heterocycles. The summed E-state index contributed by atoms with van der Waals surface area (Å²) in [6.07, 6.45) is 0. The van der Waals surface area contributed by atoms with Crippen LogP contribution in [0.2, 0.25) is 0 Å². The number of rotatable bonds is 2. The molecule has 0 saturated carbocycles. The summed E-state index contributed by atoms with van der Waals surface area (Å²) in [4.78, 5) is 0.340. The lowest BCUT2D eigenvalue weighted by molar-refractivity contribution is 0.445. The summed E-state index contributed by atoms with van der Waals surface area (Å²) in [5.41, 5.74) is -0.597. The Morgan fingerprint density at radius 3 is 2.33 bits per heavy atom. The molecular weight excluding hydrogens is 176 g/mol. The van der Waals surface area contributed by atoms with Gasteiger partial charge in [0.15, 0.2) is 5.44 Å². The molecule has 0 aliphatic carbocycles. The first kappa shape index (κ1) is 7.76. The van der Waals surface area contributed by atoms with Crippen molar-refractivity contribution in [1.82, 2.24) is 0 Å². The van der Waals surface area contributed by atoms with Gasteiger partial charge >= 0.3 is 0 Å². The average molecular weight is 184 g/mol. The van der Waals surface area contributed by atoms with Gasteiger partial charge in [0.25, 0.3) is 0 Å². The van der Waals surface area contributed by atoms with Crippen molar-refractivity contribution in [3.63, 3.8) is 0 Å². The van der Waals surface area contributed by atoms with E-state index in [1.165, 1.54) is 0 Å². The standard InChI is InChI=1S/C8H8O3S/c9-12(10,8-6-11-8)7-4-2-1-3-5-7/h1-5,8H,6H2. The Morgan fingerprint density at radius 2 is 1.83 bits per heavy atom. The predicted octanol–water partition coefficient (Wildman–Crippen LogP) is 0.817. The first-order chi connectivity index (χ1) is 5.71. The first-order valence-electron chi connectivity index (χ1n) is 3.62. The Morgan fingerprint density at radius 1 is 1.25 bits per heavy atom. The third-order valence-electron chi connectivity index (χ3n) is 1.72. The largest absolute Gasteiger partial charge is 0.356 e. The Balaban J connectivity index is 2.42. The van der Waals surface area contributed by atoms with E-state index in [1.807, 2.05) is 0 Å². The number of epoxide rings is 1. The van der Waals surface area contributed by atoms with Gasteiger partial charge in [-0.25, -0.2) is 8.42 Å². The van der Waals surface area contributed by atoms with Crippen LogP contribution < -0.4 is 0 Å². The van der Waals surface area contributed by atoms with E-state index in [4.69, 9.17) is 4.74 Å². The molecule has 0 bridgehead atoms. The van der Waals surface area contributed by atoms with E-state index >= 15 is 0 Å². The average Bonchev–Trinajstić information content (AvgIpc) is 2.88.